The molecule has 0 aromatic carbocycles. The third-order valence-electron chi connectivity index (χ3n) is 14.9. The van der Waals surface area contributed by atoms with Crippen LogP contribution in [0.25, 0.3) is 0 Å². The van der Waals surface area contributed by atoms with E-state index in [1.54, 1.807) is 0 Å². The van der Waals surface area contributed by atoms with E-state index in [0.29, 0.717) is 46.7 Å². The largest absolute Gasteiger partial charge is 0.396 e. The van der Waals surface area contributed by atoms with Crippen molar-refractivity contribution in [2.24, 2.45) is 56.7 Å². The van der Waals surface area contributed by atoms with Crippen molar-refractivity contribution in [1.82, 2.24) is 0 Å². The van der Waals surface area contributed by atoms with Gasteiger partial charge in [0.25, 0.3) is 0 Å². The van der Waals surface area contributed by atoms with Gasteiger partial charge < -0.3 is 14.6 Å². The zero-order chi connectivity index (χ0) is 27.1. The van der Waals surface area contributed by atoms with Crippen LogP contribution in [0, 0.1) is 56.7 Å². The van der Waals surface area contributed by atoms with Crippen molar-refractivity contribution in [1.29, 1.82) is 0 Å². The van der Waals surface area contributed by atoms with Gasteiger partial charge >= 0.3 is 0 Å². The van der Waals surface area contributed by atoms with Gasteiger partial charge in [0.05, 0.1) is 6.10 Å². The Labute approximate surface area is 233 Å². The van der Waals surface area contributed by atoms with Gasteiger partial charge in [-0.1, -0.05) is 46.8 Å². The zero-order valence-electron chi connectivity index (χ0n) is 25.6. The fraction of sp³-hybridized carbons (Fsp3) is 0.943. The summed E-state index contributed by atoms with van der Waals surface area (Å²) in [5.41, 5.74) is 2.82. The molecular weight excluding hydrogens is 468 g/mol. The van der Waals surface area contributed by atoms with Crippen LogP contribution in [0.1, 0.15) is 125 Å². The van der Waals surface area contributed by atoms with E-state index < -0.39 is 0 Å². The van der Waals surface area contributed by atoms with E-state index in [0.717, 1.165) is 24.9 Å². The molecule has 0 aromatic rings. The minimum atomic E-state index is 0.0160. The van der Waals surface area contributed by atoms with Gasteiger partial charge in [-0.05, 0) is 147 Å². The molecule has 3 nitrogen and oxygen atoms in total. The van der Waals surface area contributed by atoms with Crippen molar-refractivity contribution in [2.75, 3.05) is 13.2 Å². The van der Waals surface area contributed by atoms with Crippen molar-refractivity contribution < 1.29 is 14.6 Å². The Bertz CT molecular complexity index is 920. The first-order valence-electron chi connectivity index (χ1n) is 16.5. The number of hydrogen-bond acceptors (Lipinski definition) is 3. The van der Waals surface area contributed by atoms with Gasteiger partial charge in [-0.2, -0.15) is 0 Å². The van der Waals surface area contributed by atoms with E-state index >= 15 is 0 Å². The Hall–Kier alpha value is -0.380. The van der Waals surface area contributed by atoms with Crippen LogP contribution >= 0.6 is 0 Å². The monoisotopic (exact) mass is 526 g/mol. The summed E-state index contributed by atoms with van der Waals surface area (Å²) in [4.78, 5) is 0. The fourth-order valence-electron chi connectivity index (χ4n) is 12.8. The van der Waals surface area contributed by atoms with Crippen LogP contribution in [0.3, 0.4) is 0 Å². The molecule has 0 amide bonds. The smallest absolute Gasteiger partial charge is 0.157 e. The number of ether oxygens (including phenoxy) is 2. The van der Waals surface area contributed by atoms with Crippen LogP contribution in [-0.4, -0.2) is 30.7 Å². The maximum absolute atomic E-state index is 10.8. The van der Waals surface area contributed by atoms with Crippen LogP contribution in [0.5, 0.6) is 0 Å². The number of aliphatic hydroxyl groups excluding tert-OH is 1. The number of fused-ring (bicyclic) bond motifs is 7. The molecule has 5 saturated carbocycles. The molecule has 3 heteroatoms. The van der Waals surface area contributed by atoms with Crippen LogP contribution in [0.2, 0.25) is 0 Å². The van der Waals surface area contributed by atoms with Crippen molar-refractivity contribution >= 4 is 0 Å². The summed E-state index contributed by atoms with van der Waals surface area (Å²) in [7, 11) is 0. The summed E-state index contributed by atoms with van der Waals surface area (Å²) in [6.07, 6.45) is 16.7. The Morgan fingerprint density at radius 3 is 2.32 bits per heavy atom. The van der Waals surface area contributed by atoms with Crippen LogP contribution in [0.4, 0.5) is 0 Å². The summed E-state index contributed by atoms with van der Waals surface area (Å²) in [5, 5.41) is 10.8. The summed E-state index contributed by atoms with van der Waals surface area (Å²) >= 11 is 0. The molecule has 6 fully saturated rings. The molecule has 11 unspecified atom stereocenters. The van der Waals surface area contributed by atoms with E-state index in [9.17, 15) is 5.11 Å². The molecule has 6 rings (SSSR count). The molecule has 1 aliphatic heterocycles. The lowest BCUT2D eigenvalue weighted by atomic mass is 9.32. The third kappa shape index (κ3) is 3.69. The maximum Gasteiger partial charge on any atom is 0.157 e. The lowest BCUT2D eigenvalue weighted by Crippen LogP contribution is -2.67. The van der Waals surface area contributed by atoms with E-state index in [2.05, 4.69) is 48.1 Å². The second-order valence-electron chi connectivity index (χ2n) is 16.5. The molecule has 0 radical (unpaired) electrons. The quantitative estimate of drug-likeness (QED) is 0.295. The van der Waals surface area contributed by atoms with Crippen LogP contribution < -0.4 is 0 Å². The number of hydrogen-bond donors (Lipinski definition) is 1. The summed E-state index contributed by atoms with van der Waals surface area (Å²) < 4.78 is 12.8. The first-order valence-corrected chi connectivity index (χ1v) is 16.5. The molecule has 1 saturated heterocycles. The van der Waals surface area contributed by atoms with Crippen molar-refractivity contribution in [2.45, 2.75) is 137 Å². The topological polar surface area (TPSA) is 38.7 Å². The van der Waals surface area contributed by atoms with E-state index in [4.69, 9.17) is 9.47 Å². The predicted octanol–water partition coefficient (Wildman–Crippen LogP) is 8.55. The SMILES string of the molecule is C=C(C)C1CCC2(CO)CCC3(C)C(CCC4C5(C)CCC(OC6CCCCO6)C(C)(C)C5CCC43C)C12. The molecule has 6 aliphatic rings. The van der Waals surface area contributed by atoms with Gasteiger partial charge in [0.1, 0.15) is 0 Å². The minimum absolute atomic E-state index is 0.0160. The Balaban J connectivity index is 1.29. The third-order valence-corrected chi connectivity index (χ3v) is 14.9. The Morgan fingerprint density at radius 1 is 0.842 bits per heavy atom. The number of allylic oxidation sites excluding steroid dienone is 1. The number of rotatable bonds is 4. The molecular formula is C35H58O3. The minimum Gasteiger partial charge on any atom is -0.396 e. The lowest BCUT2D eigenvalue weighted by molar-refractivity contribution is -0.274. The molecule has 5 aliphatic carbocycles. The van der Waals surface area contributed by atoms with E-state index in [1.807, 2.05) is 0 Å². The van der Waals surface area contributed by atoms with Gasteiger partial charge in [-0.25, -0.2) is 0 Å². The van der Waals surface area contributed by atoms with Crippen molar-refractivity contribution in [3.63, 3.8) is 0 Å². The first-order chi connectivity index (χ1) is 17.9. The Kier molecular flexibility index (Phi) is 6.81. The maximum atomic E-state index is 10.8. The van der Waals surface area contributed by atoms with Crippen molar-refractivity contribution in [3.05, 3.63) is 12.2 Å². The van der Waals surface area contributed by atoms with Crippen molar-refractivity contribution in [3.8, 4) is 0 Å². The number of aliphatic hydroxyl groups is 1. The second kappa shape index (κ2) is 9.32. The second-order valence-corrected chi connectivity index (χ2v) is 16.5. The van der Waals surface area contributed by atoms with Gasteiger partial charge in [0.2, 0.25) is 0 Å². The first kappa shape index (κ1) is 27.8. The summed E-state index contributed by atoms with van der Waals surface area (Å²) in [5.74, 6) is 3.46. The Morgan fingerprint density at radius 2 is 1.63 bits per heavy atom. The normalized spacial score (nSPS) is 53.8. The highest BCUT2D eigenvalue weighted by atomic mass is 16.7. The zero-order valence-corrected chi connectivity index (χ0v) is 25.6. The summed E-state index contributed by atoms with van der Waals surface area (Å²) in [6, 6.07) is 0. The predicted molar refractivity (Wildman–Crippen MR) is 155 cm³/mol. The molecule has 0 aromatic heterocycles. The highest BCUT2D eigenvalue weighted by molar-refractivity contribution is 5.21. The molecule has 1 N–H and O–H groups in total. The highest BCUT2D eigenvalue weighted by Gasteiger charge is 2.70. The lowest BCUT2D eigenvalue weighted by Gasteiger charge is -2.73. The highest BCUT2D eigenvalue weighted by Crippen LogP contribution is 2.77. The molecule has 0 spiro atoms. The molecule has 216 valence electrons. The van der Waals surface area contributed by atoms with E-state index in [-0.39, 0.29) is 17.1 Å². The molecule has 38 heavy (non-hydrogen) atoms. The molecule has 0 bridgehead atoms. The van der Waals surface area contributed by atoms with Crippen LogP contribution in [0.15, 0.2) is 12.2 Å². The van der Waals surface area contributed by atoms with E-state index in [1.165, 1.54) is 82.6 Å². The average Bonchev–Trinajstić information content (AvgIpc) is 3.27. The standard InChI is InChI=1S/C35H58O3/c1-23(2)24-13-18-35(22-36)20-19-33(6)25(30(24)35)11-12-27-32(5)16-15-28(38-29-10-8-9-21-37-29)31(3,4)26(32)14-17-34(27,33)7/h24-30,36H,1,8-22H2,2-7H3. The van der Waals surface area contributed by atoms with Gasteiger partial charge in [0.15, 0.2) is 6.29 Å². The van der Waals surface area contributed by atoms with Crippen LogP contribution in [-0.2, 0) is 9.47 Å². The molecule has 11 atom stereocenters. The van der Waals surface area contributed by atoms with Gasteiger partial charge in [-0.15, -0.1) is 0 Å². The van der Waals surface area contributed by atoms with Gasteiger partial charge in [0, 0.05) is 13.2 Å². The summed E-state index contributed by atoms with van der Waals surface area (Å²) in [6.45, 7) is 21.2. The average molecular weight is 527 g/mol. The fourth-order valence-corrected chi connectivity index (χ4v) is 12.8. The van der Waals surface area contributed by atoms with Gasteiger partial charge in [-0.3, -0.25) is 0 Å². The molecule has 1 heterocycles.